The molecule has 9 nitrogen and oxygen atoms in total. The fraction of sp³-hybridized carbons (Fsp3) is 0.269. The Balaban J connectivity index is 1.66. The SMILES string of the molecule is COc1c(F)cccc1Nc1c(-c2ccnc(N)c2C#CC2CCN(C)C2=O)[nH]c2c1C(=O)NCC2. The topological polar surface area (TPSA) is 125 Å². The number of H-pyrrole nitrogens is 1. The lowest BCUT2D eigenvalue weighted by atomic mass is 10.0. The number of pyridine rings is 1. The molecular weight excluding hydrogens is 463 g/mol. The second-order valence-electron chi connectivity index (χ2n) is 8.67. The molecule has 2 aromatic heterocycles. The Hall–Kier alpha value is -4.52. The van der Waals surface area contributed by atoms with Gasteiger partial charge < -0.3 is 31.0 Å². The fourth-order valence-electron chi connectivity index (χ4n) is 4.59. The molecule has 10 heteroatoms. The molecule has 0 radical (unpaired) electrons. The lowest BCUT2D eigenvalue weighted by molar-refractivity contribution is -0.128. The van der Waals surface area contributed by atoms with Crippen molar-refractivity contribution in [2.75, 3.05) is 38.3 Å². The predicted octanol–water partition coefficient (Wildman–Crippen LogP) is 2.67. The number of hydrogen-bond acceptors (Lipinski definition) is 6. The van der Waals surface area contributed by atoms with Crippen LogP contribution in [0, 0.1) is 23.6 Å². The van der Waals surface area contributed by atoms with Crippen LogP contribution >= 0.6 is 0 Å². The minimum Gasteiger partial charge on any atom is -0.492 e. The average Bonchev–Trinajstić information content (AvgIpc) is 3.39. The van der Waals surface area contributed by atoms with Gasteiger partial charge in [-0.3, -0.25) is 9.59 Å². The van der Waals surface area contributed by atoms with Crippen LogP contribution in [0.25, 0.3) is 11.3 Å². The number of ether oxygens (including phenoxy) is 1. The highest BCUT2D eigenvalue weighted by Gasteiger charge is 2.30. The summed E-state index contributed by atoms with van der Waals surface area (Å²) < 4.78 is 19.7. The normalized spacial score (nSPS) is 16.8. The largest absolute Gasteiger partial charge is 0.492 e. The molecule has 0 bridgehead atoms. The number of nitrogen functional groups attached to an aromatic ring is 1. The maximum atomic E-state index is 14.4. The van der Waals surface area contributed by atoms with Crippen molar-refractivity contribution in [1.29, 1.82) is 0 Å². The summed E-state index contributed by atoms with van der Waals surface area (Å²) >= 11 is 0. The molecule has 4 heterocycles. The predicted molar refractivity (Wildman–Crippen MR) is 133 cm³/mol. The number of nitrogens with two attached hydrogens (primary N) is 1. The van der Waals surface area contributed by atoms with Gasteiger partial charge in [0.25, 0.3) is 5.91 Å². The van der Waals surface area contributed by atoms with Crippen molar-refractivity contribution in [2.45, 2.75) is 12.8 Å². The summed E-state index contributed by atoms with van der Waals surface area (Å²) in [7, 11) is 3.13. The van der Waals surface area contributed by atoms with Crippen LogP contribution in [0.4, 0.5) is 21.6 Å². The highest BCUT2D eigenvalue weighted by Crippen LogP contribution is 2.41. The van der Waals surface area contributed by atoms with Crippen LogP contribution in [0.15, 0.2) is 30.5 Å². The van der Waals surface area contributed by atoms with E-state index in [1.165, 1.54) is 13.2 Å². The van der Waals surface area contributed by atoms with Gasteiger partial charge in [0.2, 0.25) is 5.91 Å². The van der Waals surface area contributed by atoms with E-state index in [4.69, 9.17) is 10.5 Å². The molecule has 5 rings (SSSR count). The third-order valence-electron chi connectivity index (χ3n) is 6.44. The van der Waals surface area contributed by atoms with Gasteiger partial charge in [0.05, 0.1) is 35.3 Å². The van der Waals surface area contributed by atoms with E-state index in [0.29, 0.717) is 59.7 Å². The van der Waals surface area contributed by atoms with Gasteiger partial charge in [-0.05, 0) is 24.6 Å². The van der Waals surface area contributed by atoms with Gasteiger partial charge in [0.1, 0.15) is 11.7 Å². The van der Waals surface area contributed by atoms with Gasteiger partial charge in [-0.1, -0.05) is 17.9 Å². The van der Waals surface area contributed by atoms with E-state index in [9.17, 15) is 14.0 Å². The van der Waals surface area contributed by atoms with Crippen molar-refractivity contribution >= 4 is 29.0 Å². The molecule has 184 valence electrons. The molecule has 0 aliphatic carbocycles. The quantitative estimate of drug-likeness (QED) is 0.419. The number of carbonyl (C=O) groups excluding carboxylic acids is 2. The standard InChI is InChI=1S/C26H25FN6O3/c1-33-13-10-14(26(33)35)6-7-16-15(8-11-29-24(16)28)21-22(20-18(31-21)9-12-30-25(20)34)32-19-5-3-4-17(27)23(19)36-2/h3-5,8,11,14,31-32H,9-10,12-13H2,1-2H3,(H2,28,29)(H,30,34). The summed E-state index contributed by atoms with van der Waals surface area (Å²) in [5.74, 6) is 5.10. The second-order valence-corrected chi connectivity index (χ2v) is 8.67. The van der Waals surface area contributed by atoms with Crippen LogP contribution in [-0.2, 0) is 11.2 Å². The van der Waals surface area contributed by atoms with Crippen LogP contribution in [0.2, 0.25) is 0 Å². The number of rotatable bonds is 4. The van der Waals surface area contributed by atoms with Gasteiger partial charge >= 0.3 is 0 Å². The summed E-state index contributed by atoms with van der Waals surface area (Å²) in [4.78, 5) is 34.4. The van der Waals surface area contributed by atoms with Crippen molar-refractivity contribution in [3.05, 3.63) is 53.1 Å². The maximum absolute atomic E-state index is 14.4. The molecule has 0 saturated carbocycles. The van der Waals surface area contributed by atoms with Crippen molar-refractivity contribution in [1.82, 2.24) is 20.2 Å². The molecule has 2 amide bonds. The molecule has 1 saturated heterocycles. The van der Waals surface area contributed by atoms with Gasteiger partial charge in [-0.25, -0.2) is 9.37 Å². The van der Waals surface area contributed by atoms with Crippen LogP contribution in [-0.4, -0.2) is 53.9 Å². The summed E-state index contributed by atoms with van der Waals surface area (Å²) in [5.41, 5.74) is 9.77. The van der Waals surface area contributed by atoms with Crippen molar-refractivity contribution in [3.63, 3.8) is 0 Å². The lowest BCUT2D eigenvalue weighted by Crippen LogP contribution is -2.31. The zero-order valence-electron chi connectivity index (χ0n) is 19.9. The number of amides is 2. The average molecular weight is 489 g/mol. The monoisotopic (exact) mass is 488 g/mol. The first-order valence-corrected chi connectivity index (χ1v) is 11.5. The number of para-hydroxylation sites is 1. The third-order valence-corrected chi connectivity index (χ3v) is 6.44. The Bertz CT molecular complexity index is 1440. The van der Waals surface area contributed by atoms with Crippen LogP contribution in [0.5, 0.6) is 5.75 Å². The second kappa shape index (κ2) is 9.26. The number of hydrogen-bond donors (Lipinski definition) is 4. The number of nitrogens with zero attached hydrogens (tertiary/aromatic N) is 2. The Morgan fingerprint density at radius 3 is 2.89 bits per heavy atom. The van der Waals surface area contributed by atoms with Crippen molar-refractivity contribution in [3.8, 4) is 28.8 Å². The molecule has 1 atom stereocenters. The summed E-state index contributed by atoms with van der Waals surface area (Å²) in [6, 6.07) is 6.25. The Morgan fingerprint density at radius 1 is 1.31 bits per heavy atom. The molecule has 3 aromatic rings. The van der Waals surface area contributed by atoms with E-state index in [-0.39, 0.29) is 23.4 Å². The first-order valence-electron chi connectivity index (χ1n) is 11.5. The van der Waals surface area contributed by atoms with Crippen LogP contribution in [0.3, 0.4) is 0 Å². The number of aromatic nitrogens is 2. The highest BCUT2D eigenvalue weighted by atomic mass is 19.1. The molecule has 1 fully saturated rings. The minimum absolute atomic E-state index is 0.0211. The van der Waals surface area contributed by atoms with Crippen molar-refractivity contribution < 1.29 is 18.7 Å². The zero-order chi connectivity index (χ0) is 25.4. The lowest BCUT2D eigenvalue weighted by Gasteiger charge is -2.17. The van der Waals surface area contributed by atoms with E-state index in [1.54, 1.807) is 36.3 Å². The number of benzene rings is 1. The van der Waals surface area contributed by atoms with Gasteiger partial charge in [0.15, 0.2) is 11.6 Å². The molecular formula is C26H25FN6O3. The number of aromatic amines is 1. The van der Waals surface area contributed by atoms with Gasteiger partial charge in [-0.15, -0.1) is 0 Å². The Labute approximate surface area is 207 Å². The van der Waals surface area contributed by atoms with Crippen LogP contribution in [0.1, 0.15) is 28.0 Å². The molecule has 1 unspecified atom stereocenters. The van der Waals surface area contributed by atoms with E-state index in [1.807, 2.05) is 0 Å². The van der Waals surface area contributed by atoms with E-state index >= 15 is 0 Å². The molecule has 5 N–H and O–H groups in total. The van der Waals surface area contributed by atoms with Gasteiger partial charge in [0, 0.05) is 44.0 Å². The number of halogens is 1. The van der Waals surface area contributed by atoms with Gasteiger partial charge in [-0.2, -0.15) is 0 Å². The zero-order valence-corrected chi connectivity index (χ0v) is 19.9. The number of carbonyl (C=O) groups is 2. The number of methoxy groups -OCH3 is 1. The minimum atomic E-state index is -0.538. The summed E-state index contributed by atoms with van der Waals surface area (Å²) in [5, 5.41) is 6.05. The first kappa shape index (κ1) is 23.2. The molecule has 36 heavy (non-hydrogen) atoms. The van der Waals surface area contributed by atoms with Crippen LogP contribution < -0.4 is 21.1 Å². The number of fused-ring (bicyclic) bond motifs is 1. The smallest absolute Gasteiger partial charge is 0.255 e. The summed E-state index contributed by atoms with van der Waals surface area (Å²) in [6.07, 6.45) is 2.78. The van der Waals surface area contributed by atoms with E-state index in [2.05, 4.69) is 32.4 Å². The first-order chi connectivity index (χ1) is 17.4. The maximum Gasteiger partial charge on any atom is 0.255 e. The number of nitrogens with one attached hydrogen (secondary N) is 3. The molecule has 2 aliphatic heterocycles. The molecule has 1 aromatic carbocycles. The highest BCUT2D eigenvalue weighted by molar-refractivity contribution is 6.06. The van der Waals surface area contributed by atoms with E-state index < -0.39 is 11.7 Å². The van der Waals surface area contributed by atoms with Crippen molar-refractivity contribution in [2.24, 2.45) is 5.92 Å². The Morgan fingerprint density at radius 2 is 2.14 bits per heavy atom. The molecule has 2 aliphatic rings. The molecule has 0 spiro atoms. The number of anilines is 3. The van der Waals surface area contributed by atoms with E-state index in [0.717, 1.165) is 5.69 Å². The Kier molecular flexibility index (Phi) is 5.98. The number of likely N-dealkylation sites (tertiary alicyclic amines) is 1. The summed E-state index contributed by atoms with van der Waals surface area (Å²) in [6.45, 7) is 1.13. The third kappa shape index (κ3) is 3.98. The fourth-order valence-corrected chi connectivity index (χ4v) is 4.59.